The van der Waals surface area contributed by atoms with Crippen LogP contribution in [-0.2, 0) is 0 Å². The Morgan fingerprint density at radius 3 is 2.30 bits per heavy atom. The molecule has 0 aromatic rings. The highest BCUT2D eigenvalue weighted by Crippen LogP contribution is 2.23. The first-order valence-electron chi connectivity index (χ1n) is 3.87. The minimum Gasteiger partial charge on any atom is -0.103 e. The molecule has 0 aromatic carbocycles. The van der Waals surface area contributed by atoms with E-state index in [2.05, 4.69) is 27.0 Å². The van der Waals surface area contributed by atoms with Crippen LogP contribution in [0.2, 0.25) is 0 Å². The molecule has 0 spiro atoms. The standard InChI is InChI=1S/C10H18/c1-5-7-8-9-10(3,4)6-2/h5-6H,1-2,7-9H2,3-4H3. The second-order valence-electron chi connectivity index (χ2n) is 3.37. The van der Waals surface area contributed by atoms with E-state index in [4.69, 9.17) is 0 Å². The second kappa shape index (κ2) is 4.32. The van der Waals surface area contributed by atoms with E-state index in [9.17, 15) is 0 Å². The van der Waals surface area contributed by atoms with E-state index in [0.717, 1.165) is 6.42 Å². The lowest BCUT2D eigenvalue weighted by atomic mass is 9.87. The molecule has 0 nitrogen and oxygen atoms in total. The van der Waals surface area contributed by atoms with Crippen LogP contribution in [0.25, 0.3) is 0 Å². The molecule has 0 fully saturated rings. The summed E-state index contributed by atoms with van der Waals surface area (Å²) in [5.41, 5.74) is 0.309. The highest BCUT2D eigenvalue weighted by Gasteiger charge is 2.10. The molecule has 10 heavy (non-hydrogen) atoms. The normalized spacial score (nSPS) is 11.0. The van der Waals surface area contributed by atoms with Crippen LogP contribution >= 0.6 is 0 Å². The maximum absolute atomic E-state index is 3.79. The smallest absolute Gasteiger partial charge is 0.0177 e. The molecular formula is C10H18. The van der Waals surface area contributed by atoms with E-state index in [0.29, 0.717) is 5.41 Å². The predicted octanol–water partition coefficient (Wildman–Crippen LogP) is 3.55. The Kier molecular flexibility index (Phi) is 4.10. The molecule has 0 heterocycles. The van der Waals surface area contributed by atoms with Crippen LogP contribution in [0.3, 0.4) is 0 Å². The second-order valence-corrected chi connectivity index (χ2v) is 3.37. The Morgan fingerprint density at radius 1 is 1.30 bits per heavy atom. The third-order valence-electron chi connectivity index (χ3n) is 1.78. The van der Waals surface area contributed by atoms with Crippen molar-refractivity contribution >= 4 is 0 Å². The number of hydrogen-bond donors (Lipinski definition) is 0. The maximum Gasteiger partial charge on any atom is -0.0177 e. The van der Waals surface area contributed by atoms with Crippen molar-refractivity contribution in [1.29, 1.82) is 0 Å². The zero-order valence-electron chi connectivity index (χ0n) is 7.19. The van der Waals surface area contributed by atoms with Crippen molar-refractivity contribution in [3.63, 3.8) is 0 Å². The van der Waals surface area contributed by atoms with Gasteiger partial charge >= 0.3 is 0 Å². The van der Waals surface area contributed by atoms with Crippen molar-refractivity contribution in [2.24, 2.45) is 5.41 Å². The van der Waals surface area contributed by atoms with Crippen LogP contribution in [0.5, 0.6) is 0 Å². The summed E-state index contributed by atoms with van der Waals surface area (Å²) in [6, 6.07) is 0. The van der Waals surface area contributed by atoms with Crippen molar-refractivity contribution in [2.45, 2.75) is 33.1 Å². The predicted molar refractivity (Wildman–Crippen MR) is 48.0 cm³/mol. The average molecular weight is 138 g/mol. The molecule has 0 rings (SSSR count). The largest absolute Gasteiger partial charge is 0.103 e. The lowest BCUT2D eigenvalue weighted by Crippen LogP contribution is -2.05. The van der Waals surface area contributed by atoms with E-state index < -0.39 is 0 Å². The number of unbranched alkanes of at least 4 members (excludes halogenated alkanes) is 1. The SMILES string of the molecule is C=CCCCC(C)(C)C=C. The van der Waals surface area contributed by atoms with Crippen LogP contribution in [0.15, 0.2) is 25.3 Å². The number of allylic oxidation sites excluding steroid dienone is 2. The zero-order valence-corrected chi connectivity index (χ0v) is 7.19. The highest BCUT2D eigenvalue weighted by molar-refractivity contribution is 4.87. The van der Waals surface area contributed by atoms with Gasteiger partial charge in [-0.1, -0.05) is 26.0 Å². The molecular weight excluding hydrogens is 120 g/mol. The zero-order chi connectivity index (χ0) is 8.04. The van der Waals surface area contributed by atoms with Gasteiger partial charge in [0.2, 0.25) is 0 Å². The topological polar surface area (TPSA) is 0 Å². The van der Waals surface area contributed by atoms with E-state index in [1.165, 1.54) is 12.8 Å². The number of hydrogen-bond acceptors (Lipinski definition) is 0. The summed E-state index contributed by atoms with van der Waals surface area (Å²) in [7, 11) is 0. The van der Waals surface area contributed by atoms with Crippen molar-refractivity contribution in [3.05, 3.63) is 25.3 Å². The van der Waals surface area contributed by atoms with Crippen molar-refractivity contribution in [2.75, 3.05) is 0 Å². The summed E-state index contributed by atoms with van der Waals surface area (Å²) in [4.78, 5) is 0. The summed E-state index contributed by atoms with van der Waals surface area (Å²) >= 11 is 0. The lowest BCUT2D eigenvalue weighted by molar-refractivity contribution is 0.424. The number of rotatable bonds is 5. The van der Waals surface area contributed by atoms with Gasteiger partial charge in [-0.3, -0.25) is 0 Å². The molecule has 0 aliphatic rings. The Hall–Kier alpha value is -0.520. The van der Waals surface area contributed by atoms with Crippen LogP contribution in [0.4, 0.5) is 0 Å². The summed E-state index contributed by atoms with van der Waals surface area (Å²) in [5.74, 6) is 0. The van der Waals surface area contributed by atoms with Gasteiger partial charge in [0.25, 0.3) is 0 Å². The van der Waals surface area contributed by atoms with Crippen LogP contribution in [-0.4, -0.2) is 0 Å². The van der Waals surface area contributed by atoms with Crippen molar-refractivity contribution < 1.29 is 0 Å². The van der Waals surface area contributed by atoms with Crippen LogP contribution in [0.1, 0.15) is 33.1 Å². The molecule has 0 atom stereocenters. The molecule has 58 valence electrons. The Balaban J connectivity index is 3.46. The summed E-state index contributed by atoms with van der Waals surface area (Å²) in [5, 5.41) is 0. The molecule has 0 heteroatoms. The molecule has 0 N–H and O–H groups in total. The van der Waals surface area contributed by atoms with Gasteiger partial charge in [0, 0.05) is 0 Å². The third-order valence-corrected chi connectivity index (χ3v) is 1.78. The minimum absolute atomic E-state index is 0.309. The van der Waals surface area contributed by atoms with Crippen LogP contribution in [0, 0.1) is 5.41 Å². The van der Waals surface area contributed by atoms with Gasteiger partial charge in [0.15, 0.2) is 0 Å². The quantitative estimate of drug-likeness (QED) is 0.402. The van der Waals surface area contributed by atoms with E-state index in [-0.39, 0.29) is 0 Å². The molecule has 0 aliphatic carbocycles. The van der Waals surface area contributed by atoms with Crippen LogP contribution < -0.4 is 0 Å². The van der Waals surface area contributed by atoms with Gasteiger partial charge in [-0.05, 0) is 24.7 Å². The molecule has 0 aromatic heterocycles. The molecule has 0 saturated heterocycles. The minimum atomic E-state index is 0.309. The van der Waals surface area contributed by atoms with E-state index in [1.807, 2.05) is 12.2 Å². The van der Waals surface area contributed by atoms with Crippen molar-refractivity contribution in [1.82, 2.24) is 0 Å². The van der Waals surface area contributed by atoms with E-state index in [1.54, 1.807) is 0 Å². The molecule has 0 aliphatic heterocycles. The first-order valence-corrected chi connectivity index (χ1v) is 3.87. The first kappa shape index (κ1) is 9.48. The van der Waals surface area contributed by atoms with Gasteiger partial charge in [-0.25, -0.2) is 0 Å². The lowest BCUT2D eigenvalue weighted by Gasteiger charge is -2.18. The van der Waals surface area contributed by atoms with Gasteiger partial charge in [-0.2, -0.15) is 0 Å². The average Bonchev–Trinajstić information content (AvgIpc) is 1.89. The molecule has 0 radical (unpaired) electrons. The summed E-state index contributed by atoms with van der Waals surface area (Å²) < 4.78 is 0. The molecule has 0 unspecified atom stereocenters. The summed E-state index contributed by atoms with van der Waals surface area (Å²) in [6.07, 6.45) is 7.55. The Morgan fingerprint density at radius 2 is 1.90 bits per heavy atom. The fourth-order valence-electron chi connectivity index (χ4n) is 0.804. The van der Waals surface area contributed by atoms with Gasteiger partial charge in [0.05, 0.1) is 0 Å². The Bertz CT molecular complexity index is 109. The monoisotopic (exact) mass is 138 g/mol. The fraction of sp³-hybridized carbons (Fsp3) is 0.600. The molecule has 0 saturated carbocycles. The molecule has 0 amide bonds. The van der Waals surface area contributed by atoms with Crippen molar-refractivity contribution in [3.8, 4) is 0 Å². The first-order chi connectivity index (χ1) is 4.62. The van der Waals surface area contributed by atoms with Gasteiger partial charge < -0.3 is 0 Å². The Labute approximate surface area is 64.6 Å². The van der Waals surface area contributed by atoms with Gasteiger partial charge in [-0.15, -0.1) is 13.2 Å². The van der Waals surface area contributed by atoms with Gasteiger partial charge in [0.1, 0.15) is 0 Å². The fourth-order valence-corrected chi connectivity index (χ4v) is 0.804. The maximum atomic E-state index is 3.79. The molecule has 0 bridgehead atoms. The summed E-state index contributed by atoms with van der Waals surface area (Å²) in [6.45, 7) is 11.9. The third kappa shape index (κ3) is 4.37. The van der Waals surface area contributed by atoms with E-state index >= 15 is 0 Å². The highest BCUT2D eigenvalue weighted by atomic mass is 14.2.